The molecule has 3 rings (SSSR count). The summed E-state index contributed by atoms with van der Waals surface area (Å²) in [6.45, 7) is 4.23. The lowest BCUT2D eigenvalue weighted by molar-refractivity contribution is 0.0952. The average Bonchev–Trinajstić information content (AvgIpc) is 2.89. The highest BCUT2D eigenvalue weighted by Crippen LogP contribution is 2.13. The highest BCUT2D eigenvalue weighted by molar-refractivity contribution is 6.30. The molecule has 0 saturated carbocycles. The average molecular weight is 315 g/mol. The molecule has 0 atom stereocenters. The van der Waals surface area contributed by atoms with E-state index in [4.69, 9.17) is 11.6 Å². The standard InChI is InChI=1S/C16H15ClN4O/c1-10-6-11(2)21-15(20-10)14(9-19-21)16(22)18-8-12-4-3-5-13(17)7-12/h3-7,9H,8H2,1-2H3,(H,18,22). The van der Waals surface area contributed by atoms with Crippen LogP contribution in [0.4, 0.5) is 0 Å². The zero-order valence-electron chi connectivity index (χ0n) is 12.3. The Morgan fingerprint density at radius 1 is 1.32 bits per heavy atom. The lowest BCUT2D eigenvalue weighted by Gasteiger charge is -2.05. The maximum atomic E-state index is 12.4. The molecule has 0 spiro atoms. The number of fused-ring (bicyclic) bond motifs is 1. The Morgan fingerprint density at radius 3 is 2.91 bits per heavy atom. The Balaban J connectivity index is 1.83. The summed E-state index contributed by atoms with van der Waals surface area (Å²) >= 11 is 5.94. The predicted molar refractivity (Wildman–Crippen MR) is 85.1 cm³/mol. The van der Waals surface area contributed by atoms with E-state index in [-0.39, 0.29) is 5.91 Å². The molecule has 2 heterocycles. The molecule has 0 aliphatic carbocycles. The van der Waals surface area contributed by atoms with Crippen LogP contribution < -0.4 is 5.32 Å². The fraction of sp³-hybridized carbons (Fsp3) is 0.188. The Bertz CT molecular complexity index is 856. The number of carbonyl (C=O) groups is 1. The van der Waals surface area contributed by atoms with Crippen LogP contribution in [0.25, 0.3) is 5.65 Å². The third kappa shape index (κ3) is 2.80. The van der Waals surface area contributed by atoms with Crippen molar-refractivity contribution in [1.29, 1.82) is 0 Å². The summed E-state index contributed by atoms with van der Waals surface area (Å²) in [7, 11) is 0. The van der Waals surface area contributed by atoms with E-state index in [1.165, 1.54) is 0 Å². The number of aryl methyl sites for hydroxylation is 2. The summed E-state index contributed by atoms with van der Waals surface area (Å²) in [5.74, 6) is -0.201. The number of nitrogens with zero attached hydrogens (tertiary/aromatic N) is 3. The quantitative estimate of drug-likeness (QED) is 0.808. The van der Waals surface area contributed by atoms with Gasteiger partial charge in [-0.05, 0) is 37.6 Å². The number of carbonyl (C=O) groups excluding carboxylic acids is 1. The van der Waals surface area contributed by atoms with Gasteiger partial charge in [-0.1, -0.05) is 23.7 Å². The van der Waals surface area contributed by atoms with Gasteiger partial charge in [-0.15, -0.1) is 0 Å². The van der Waals surface area contributed by atoms with Crippen LogP contribution in [0.3, 0.4) is 0 Å². The van der Waals surface area contributed by atoms with Gasteiger partial charge in [0.05, 0.1) is 6.20 Å². The van der Waals surface area contributed by atoms with E-state index in [9.17, 15) is 4.79 Å². The monoisotopic (exact) mass is 314 g/mol. The number of hydrogen-bond acceptors (Lipinski definition) is 3. The molecule has 0 saturated heterocycles. The van der Waals surface area contributed by atoms with Crippen molar-refractivity contribution in [3.8, 4) is 0 Å². The van der Waals surface area contributed by atoms with Gasteiger partial charge >= 0.3 is 0 Å². The summed E-state index contributed by atoms with van der Waals surface area (Å²) in [5.41, 5.74) is 3.78. The number of nitrogens with one attached hydrogen (secondary N) is 1. The Kier molecular flexibility index (Phi) is 3.81. The van der Waals surface area contributed by atoms with Gasteiger partial charge in [0, 0.05) is 23.0 Å². The molecule has 0 aliphatic rings. The van der Waals surface area contributed by atoms with Crippen molar-refractivity contribution in [3.63, 3.8) is 0 Å². The first-order chi connectivity index (χ1) is 10.5. The van der Waals surface area contributed by atoms with E-state index in [0.717, 1.165) is 17.0 Å². The molecule has 1 aromatic carbocycles. The SMILES string of the molecule is Cc1cc(C)n2ncc(C(=O)NCc3cccc(Cl)c3)c2n1. The minimum atomic E-state index is -0.201. The van der Waals surface area contributed by atoms with Gasteiger partial charge in [-0.2, -0.15) is 5.10 Å². The number of rotatable bonds is 3. The second-order valence-corrected chi connectivity index (χ2v) is 5.58. The van der Waals surface area contributed by atoms with Crippen LogP contribution in [0.15, 0.2) is 36.5 Å². The Hall–Kier alpha value is -2.40. The van der Waals surface area contributed by atoms with Crippen molar-refractivity contribution in [2.45, 2.75) is 20.4 Å². The molecule has 1 amide bonds. The number of halogens is 1. The topological polar surface area (TPSA) is 59.3 Å². The molecular formula is C16H15ClN4O. The van der Waals surface area contributed by atoms with E-state index in [2.05, 4.69) is 15.4 Å². The molecular weight excluding hydrogens is 300 g/mol. The van der Waals surface area contributed by atoms with Crippen molar-refractivity contribution in [2.24, 2.45) is 0 Å². The van der Waals surface area contributed by atoms with Gasteiger partial charge in [0.25, 0.3) is 5.91 Å². The second kappa shape index (κ2) is 5.77. The van der Waals surface area contributed by atoms with Gasteiger partial charge in [0.2, 0.25) is 0 Å². The molecule has 0 unspecified atom stereocenters. The van der Waals surface area contributed by atoms with Gasteiger partial charge in [-0.25, -0.2) is 9.50 Å². The first-order valence-corrected chi connectivity index (χ1v) is 7.27. The molecule has 2 aromatic heterocycles. The number of amides is 1. The summed E-state index contributed by atoms with van der Waals surface area (Å²) < 4.78 is 1.67. The Labute approximate surface area is 132 Å². The van der Waals surface area contributed by atoms with Crippen molar-refractivity contribution in [2.75, 3.05) is 0 Å². The predicted octanol–water partition coefficient (Wildman–Crippen LogP) is 2.93. The smallest absolute Gasteiger partial charge is 0.257 e. The first kappa shape index (κ1) is 14.5. The summed E-state index contributed by atoms with van der Waals surface area (Å²) in [6, 6.07) is 9.31. The first-order valence-electron chi connectivity index (χ1n) is 6.89. The minimum absolute atomic E-state index is 0.201. The van der Waals surface area contributed by atoms with Gasteiger partial charge in [-0.3, -0.25) is 4.79 Å². The van der Waals surface area contributed by atoms with E-state index in [1.54, 1.807) is 16.8 Å². The summed E-state index contributed by atoms with van der Waals surface area (Å²) in [5, 5.41) is 7.74. The molecule has 112 valence electrons. The van der Waals surface area contributed by atoms with E-state index in [1.807, 2.05) is 38.1 Å². The fourth-order valence-corrected chi connectivity index (χ4v) is 2.57. The Morgan fingerprint density at radius 2 is 2.14 bits per heavy atom. The van der Waals surface area contributed by atoms with Crippen molar-refractivity contribution in [3.05, 3.63) is 64.1 Å². The molecule has 6 heteroatoms. The van der Waals surface area contributed by atoms with Crippen LogP contribution in [0.2, 0.25) is 5.02 Å². The zero-order valence-corrected chi connectivity index (χ0v) is 13.1. The van der Waals surface area contributed by atoms with Crippen LogP contribution >= 0.6 is 11.6 Å². The van der Waals surface area contributed by atoms with E-state index >= 15 is 0 Å². The van der Waals surface area contributed by atoms with Crippen LogP contribution in [-0.4, -0.2) is 20.5 Å². The van der Waals surface area contributed by atoms with Crippen molar-refractivity contribution >= 4 is 23.2 Å². The van der Waals surface area contributed by atoms with Crippen molar-refractivity contribution in [1.82, 2.24) is 19.9 Å². The van der Waals surface area contributed by atoms with E-state index in [0.29, 0.717) is 22.8 Å². The fourth-order valence-electron chi connectivity index (χ4n) is 2.36. The molecule has 1 N–H and O–H groups in total. The van der Waals surface area contributed by atoms with Crippen molar-refractivity contribution < 1.29 is 4.79 Å². The maximum absolute atomic E-state index is 12.4. The normalized spacial score (nSPS) is 10.9. The summed E-state index contributed by atoms with van der Waals surface area (Å²) in [4.78, 5) is 16.8. The number of hydrogen-bond donors (Lipinski definition) is 1. The molecule has 5 nitrogen and oxygen atoms in total. The van der Waals surface area contributed by atoms with Crippen LogP contribution in [0, 0.1) is 13.8 Å². The van der Waals surface area contributed by atoms with Gasteiger partial charge < -0.3 is 5.32 Å². The highest BCUT2D eigenvalue weighted by Gasteiger charge is 2.15. The minimum Gasteiger partial charge on any atom is -0.348 e. The molecule has 0 bridgehead atoms. The number of benzene rings is 1. The molecule has 0 fully saturated rings. The van der Waals surface area contributed by atoms with E-state index < -0.39 is 0 Å². The lowest BCUT2D eigenvalue weighted by Crippen LogP contribution is -2.22. The highest BCUT2D eigenvalue weighted by atomic mass is 35.5. The molecule has 22 heavy (non-hydrogen) atoms. The van der Waals surface area contributed by atoms with Crippen LogP contribution in [-0.2, 0) is 6.54 Å². The largest absolute Gasteiger partial charge is 0.348 e. The third-order valence-electron chi connectivity index (χ3n) is 3.36. The lowest BCUT2D eigenvalue weighted by atomic mass is 10.2. The molecule has 0 radical (unpaired) electrons. The zero-order chi connectivity index (χ0) is 15.7. The molecule has 0 aliphatic heterocycles. The van der Waals surface area contributed by atoms with Gasteiger partial charge in [0.1, 0.15) is 5.56 Å². The maximum Gasteiger partial charge on any atom is 0.257 e. The third-order valence-corrected chi connectivity index (χ3v) is 3.60. The van der Waals surface area contributed by atoms with Gasteiger partial charge in [0.15, 0.2) is 5.65 Å². The summed E-state index contributed by atoms with van der Waals surface area (Å²) in [6.07, 6.45) is 1.54. The molecule has 3 aromatic rings. The van der Waals surface area contributed by atoms with Crippen LogP contribution in [0.5, 0.6) is 0 Å². The second-order valence-electron chi connectivity index (χ2n) is 5.15. The van der Waals surface area contributed by atoms with Crippen LogP contribution in [0.1, 0.15) is 27.3 Å². The number of aromatic nitrogens is 3.